The lowest BCUT2D eigenvalue weighted by Gasteiger charge is -2.27. The summed E-state index contributed by atoms with van der Waals surface area (Å²) in [5, 5.41) is 8.76. The van der Waals surface area contributed by atoms with E-state index in [9.17, 15) is 4.79 Å². The molecule has 70 valence electrons. The van der Waals surface area contributed by atoms with E-state index < -0.39 is 0 Å². The summed E-state index contributed by atoms with van der Waals surface area (Å²) in [7, 11) is 0. The van der Waals surface area contributed by atoms with Gasteiger partial charge in [-0.15, -0.1) is 0 Å². The van der Waals surface area contributed by atoms with Crippen LogP contribution in [0.25, 0.3) is 0 Å². The van der Waals surface area contributed by atoms with Crippen molar-refractivity contribution < 1.29 is 4.79 Å². The highest BCUT2D eigenvalue weighted by Gasteiger charge is 2.17. The Kier molecular flexibility index (Phi) is 3.87. The van der Waals surface area contributed by atoms with Crippen LogP contribution in [0.15, 0.2) is 0 Å². The van der Waals surface area contributed by atoms with Gasteiger partial charge in [-0.05, 0) is 6.42 Å². The van der Waals surface area contributed by atoms with E-state index in [4.69, 9.17) is 0 Å². The number of nitrogens with one attached hydrogen (secondary N) is 3. The van der Waals surface area contributed by atoms with Crippen LogP contribution in [0, 0.1) is 0 Å². The van der Waals surface area contributed by atoms with Crippen LogP contribution >= 0.6 is 0 Å². The molecule has 0 aromatic carbocycles. The second-order valence-corrected chi connectivity index (χ2v) is 3.11. The molecule has 0 spiro atoms. The van der Waals surface area contributed by atoms with Gasteiger partial charge in [-0.2, -0.15) is 0 Å². The molecule has 1 saturated heterocycles. The van der Waals surface area contributed by atoms with E-state index >= 15 is 0 Å². The molecule has 12 heavy (non-hydrogen) atoms. The highest BCUT2D eigenvalue weighted by Crippen LogP contribution is 1.89. The van der Waals surface area contributed by atoms with Crippen molar-refractivity contribution in [3.8, 4) is 0 Å². The molecular formula is C8H17N3O. The van der Waals surface area contributed by atoms with E-state index in [1.165, 1.54) is 0 Å². The zero-order valence-electron chi connectivity index (χ0n) is 7.52. The van der Waals surface area contributed by atoms with Crippen molar-refractivity contribution in [3.63, 3.8) is 0 Å². The van der Waals surface area contributed by atoms with Crippen LogP contribution in [0.3, 0.4) is 0 Å². The largest absolute Gasteiger partial charge is 0.338 e. The van der Waals surface area contributed by atoms with Gasteiger partial charge in [0.05, 0.1) is 6.04 Å². The van der Waals surface area contributed by atoms with E-state index in [2.05, 4.69) is 22.9 Å². The molecule has 0 atom stereocenters. The second-order valence-electron chi connectivity index (χ2n) is 3.11. The third kappa shape index (κ3) is 3.09. The zero-order chi connectivity index (χ0) is 8.81. The lowest BCUT2D eigenvalue weighted by molar-refractivity contribution is 0.231. The Morgan fingerprint density at radius 3 is 2.83 bits per heavy atom. The quantitative estimate of drug-likeness (QED) is 0.524. The van der Waals surface area contributed by atoms with Gasteiger partial charge in [0, 0.05) is 19.6 Å². The Bertz CT molecular complexity index is 145. The zero-order valence-corrected chi connectivity index (χ0v) is 7.52. The van der Waals surface area contributed by atoms with Crippen molar-refractivity contribution in [3.05, 3.63) is 0 Å². The molecule has 1 aliphatic rings. The van der Waals surface area contributed by atoms with Crippen molar-refractivity contribution in [1.29, 1.82) is 0 Å². The van der Waals surface area contributed by atoms with Crippen molar-refractivity contribution in [2.75, 3.05) is 19.6 Å². The monoisotopic (exact) mass is 171 g/mol. The van der Waals surface area contributed by atoms with Crippen molar-refractivity contribution in [1.82, 2.24) is 16.0 Å². The van der Waals surface area contributed by atoms with Gasteiger partial charge in [-0.1, -0.05) is 13.3 Å². The van der Waals surface area contributed by atoms with Crippen LogP contribution in [0.5, 0.6) is 0 Å². The van der Waals surface area contributed by atoms with Crippen molar-refractivity contribution in [2.45, 2.75) is 25.8 Å². The van der Waals surface area contributed by atoms with E-state index in [1.807, 2.05) is 0 Å². The number of hydrogen-bond acceptors (Lipinski definition) is 2. The SMILES string of the molecule is CCCCNC(=O)NC1CNC1. The van der Waals surface area contributed by atoms with E-state index in [1.54, 1.807) is 0 Å². The topological polar surface area (TPSA) is 53.2 Å². The predicted octanol–water partition coefficient (Wildman–Crippen LogP) is 0.0575. The Labute approximate surface area is 73.1 Å². The van der Waals surface area contributed by atoms with E-state index in [0.29, 0.717) is 6.04 Å². The molecule has 1 fully saturated rings. The average Bonchev–Trinajstić information content (AvgIpc) is 1.98. The minimum Gasteiger partial charge on any atom is -0.338 e. The maximum absolute atomic E-state index is 11.1. The summed E-state index contributed by atoms with van der Waals surface area (Å²) in [5.41, 5.74) is 0. The first-order valence-corrected chi connectivity index (χ1v) is 4.58. The molecule has 0 aliphatic carbocycles. The molecule has 0 aromatic heterocycles. The molecular weight excluding hydrogens is 154 g/mol. The fourth-order valence-electron chi connectivity index (χ4n) is 1.01. The highest BCUT2D eigenvalue weighted by atomic mass is 16.2. The van der Waals surface area contributed by atoms with E-state index in [-0.39, 0.29) is 6.03 Å². The Balaban J connectivity index is 1.95. The average molecular weight is 171 g/mol. The van der Waals surface area contributed by atoms with Crippen LogP contribution in [-0.2, 0) is 0 Å². The third-order valence-corrected chi connectivity index (χ3v) is 1.93. The predicted molar refractivity (Wildman–Crippen MR) is 48.1 cm³/mol. The van der Waals surface area contributed by atoms with Gasteiger partial charge in [0.2, 0.25) is 0 Å². The number of urea groups is 1. The maximum atomic E-state index is 11.1. The van der Waals surface area contributed by atoms with Crippen molar-refractivity contribution >= 4 is 6.03 Å². The van der Waals surface area contributed by atoms with Crippen LogP contribution in [0.2, 0.25) is 0 Å². The van der Waals surface area contributed by atoms with Gasteiger partial charge in [-0.3, -0.25) is 0 Å². The van der Waals surface area contributed by atoms with Crippen LogP contribution < -0.4 is 16.0 Å². The number of rotatable bonds is 4. The Hall–Kier alpha value is -0.770. The fourth-order valence-corrected chi connectivity index (χ4v) is 1.01. The minimum atomic E-state index is -0.0325. The van der Waals surface area contributed by atoms with Gasteiger partial charge in [-0.25, -0.2) is 4.79 Å². The normalized spacial score (nSPS) is 16.8. The number of unbranched alkanes of at least 4 members (excludes halogenated alkanes) is 1. The first-order valence-electron chi connectivity index (χ1n) is 4.58. The molecule has 0 aromatic rings. The standard InChI is InChI=1S/C8H17N3O/c1-2-3-4-10-8(12)11-7-5-9-6-7/h7,9H,2-6H2,1H3,(H2,10,11,12). The molecule has 4 nitrogen and oxygen atoms in total. The van der Waals surface area contributed by atoms with Gasteiger partial charge in [0.1, 0.15) is 0 Å². The van der Waals surface area contributed by atoms with Crippen molar-refractivity contribution in [2.24, 2.45) is 0 Å². The summed E-state index contributed by atoms with van der Waals surface area (Å²) in [5.74, 6) is 0. The smallest absolute Gasteiger partial charge is 0.315 e. The summed E-state index contributed by atoms with van der Waals surface area (Å²) in [6, 6.07) is 0.307. The minimum absolute atomic E-state index is 0.0325. The number of hydrogen-bond donors (Lipinski definition) is 3. The summed E-state index contributed by atoms with van der Waals surface area (Å²) in [6.07, 6.45) is 2.17. The molecule has 0 radical (unpaired) electrons. The van der Waals surface area contributed by atoms with Gasteiger partial charge < -0.3 is 16.0 Å². The lowest BCUT2D eigenvalue weighted by Crippen LogP contribution is -2.58. The molecule has 1 aliphatic heterocycles. The number of carbonyl (C=O) groups excluding carboxylic acids is 1. The molecule has 4 heteroatoms. The molecule has 3 N–H and O–H groups in total. The molecule has 0 saturated carbocycles. The lowest BCUT2D eigenvalue weighted by atomic mass is 10.2. The maximum Gasteiger partial charge on any atom is 0.315 e. The third-order valence-electron chi connectivity index (χ3n) is 1.93. The Morgan fingerprint density at radius 2 is 2.33 bits per heavy atom. The van der Waals surface area contributed by atoms with Gasteiger partial charge >= 0.3 is 6.03 Å². The van der Waals surface area contributed by atoms with Gasteiger partial charge in [0.15, 0.2) is 0 Å². The molecule has 0 bridgehead atoms. The highest BCUT2D eigenvalue weighted by molar-refractivity contribution is 5.74. The molecule has 2 amide bonds. The summed E-state index contributed by atoms with van der Waals surface area (Å²) in [6.45, 7) is 4.69. The molecule has 0 unspecified atom stereocenters. The van der Waals surface area contributed by atoms with Gasteiger partial charge in [0.25, 0.3) is 0 Å². The first kappa shape index (κ1) is 9.32. The number of amides is 2. The first-order chi connectivity index (χ1) is 5.83. The number of carbonyl (C=O) groups is 1. The summed E-state index contributed by atoms with van der Waals surface area (Å²) in [4.78, 5) is 11.1. The van der Waals surface area contributed by atoms with Crippen LogP contribution in [-0.4, -0.2) is 31.7 Å². The summed E-state index contributed by atoms with van der Waals surface area (Å²) < 4.78 is 0. The molecule has 1 rings (SSSR count). The molecule has 1 heterocycles. The van der Waals surface area contributed by atoms with Crippen LogP contribution in [0.4, 0.5) is 4.79 Å². The van der Waals surface area contributed by atoms with E-state index in [0.717, 1.165) is 32.5 Å². The Morgan fingerprint density at radius 1 is 1.58 bits per heavy atom. The second kappa shape index (κ2) is 4.98. The van der Waals surface area contributed by atoms with Crippen LogP contribution in [0.1, 0.15) is 19.8 Å². The summed E-state index contributed by atoms with van der Waals surface area (Å²) >= 11 is 0. The fraction of sp³-hybridized carbons (Fsp3) is 0.875.